The van der Waals surface area contributed by atoms with Gasteiger partial charge in [-0.25, -0.2) is 0 Å². The van der Waals surface area contributed by atoms with Gasteiger partial charge in [0.25, 0.3) is 0 Å². The summed E-state index contributed by atoms with van der Waals surface area (Å²) >= 11 is 11.1. The smallest absolute Gasteiger partial charge is 0.123 e. The first-order valence-corrected chi connectivity index (χ1v) is 7.47. The zero-order valence-corrected chi connectivity index (χ0v) is 13.7. The zero-order valence-electron chi connectivity index (χ0n) is 12.1. The van der Waals surface area contributed by atoms with Crippen molar-refractivity contribution >= 4 is 28.8 Å². The van der Waals surface area contributed by atoms with Crippen LogP contribution in [0.3, 0.4) is 0 Å². The number of hydrogen-bond acceptors (Lipinski definition) is 3. The highest BCUT2D eigenvalue weighted by molar-refractivity contribution is 7.80. The average Bonchev–Trinajstić information content (AvgIpc) is 2.46. The molecule has 3 nitrogen and oxygen atoms in total. The van der Waals surface area contributed by atoms with Crippen LogP contribution in [0.25, 0.3) is 0 Å². The van der Waals surface area contributed by atoms with Gasteiger partial charge in [0.2, 0.25) is 0 Å². The van der Waals surface area contributed by atoms with E-state index in [0.29, 0.717) is 17.2 Å². The molecule has 110 valence electrons. The third-order valence-electron chi connectivity index (χ3n) is 3.54. The van der Waals surface area contributed by atoms with Crippen molar-refractivity contribution in [2.75, 3.05) is 7.05 Å². The monoisotopic (exact) mass is 319 g/mol. The number of benzene rings is 1. The second kappa shape index (κ2) is 6.98. The number of nitrogens with two attached hydrogens (primary N) is 1. The molecule has 1 aromatic carbocycles. The summed E-state index contributed by atoms with van der Waals surface area (Å²) in [4.78, 5) is 6.80. The summed E-state index contributed by atoms with van der Waals surface area (Å²) in [5.41, 5.74) is 8.62. The summed E-state index contributed by atoms with van der Waals surface area (Å²) in [6, 6.07) is 12.0. The van der Waals surface area contributed by atoms with Crippen LogP contribution in [-0.4, -0.2) is 21.9 Å². The minimum atomic E-state index is 0.225. The standard InChI is InChI=1S/C16H18ClN3S/c1-11(12-5-3-7-14(17)9-12)20(2)10-13-6-4-8-19-15(13)16(18)21/h3-9,11H,10H2,1-2H3,(H2,18,21). The Labute approximate surface area is 135 Å². The highest BCUT2D eigenvalue weighted by atomic mass is 35.5. The molecule has 0 aliphatic rings. The molecule has 1 heterocycles. The van der Waals surface area contributed by atoms with E-state index >= 15 is 0 Å². The molecule has 0 saturated carbocycles. The molecular weight excluding hydrogens is 302 g/mol. The number of pyridine rings is 1. The fraction of sp³-hybridized carbons (Fsp3) is 0.250. The summed E-state index contributed by atoms with van der Waals surface area (Å²) in [6.45, 7) is 2.86. The first-order chi connectivity index (χ1) is 9.99. The molecule has 0 aliphatic carbocycles. The van der Waals surface area contributed by atoms with E-state index in [-0.39, 0.29) is 6.04 Å². The predicted molar refractivity (Wildman–Crippen MR) is 91.5 cm³/mol. The summed E-state index contributed by atoms with van der Waals surface area (Å²) in [7, 11) is 2.06. The Kier molecular flexibility index (Phi) is 5.28. The van der Waals surface area contributed by atoms with Gasteiger partial charge in [0.1, 0.15) is 10.7 Å². The Hall–Kier alpha value is -1.49. The number of rotatable bonds is 5. The maximum Gasteiger partial charge on any atom is 0.123 e. The van der Waals surface area contributed by atoms with E-state index in [2.05, 4.69) is 29.9 Å². The lowest BCUT2D eigenvalue weighted by atomic mass is 10.1. The lowest BCUT2D eigenvalue weighted by Gasteiger charge is -2.26. The molecule has 0 fully saturated rings. The molecule has 2 aromatic rings. The lowest BCUT2D eigenvalue weighted by Crippen LogP contribution is -2.24. The van der Waals surface area contributed by atoms with Gasteiger partial charge >= 0.3 is 0 Å². The highest BCUT2D eigenvalue weighted by Crippen LogP contribution is 2.23. The van der Waals surface area contributed by atoms with Crippen LogP contribution in [-0.2, 0) is 6.54 Å². The maximum atomic E-state index is 6.06. The molecule has 1 atom stereocenters. The topological polar surface area (TPSA) is 42.2 Å². The number of aromatic nitrogens is 1. The van der Waals surface area contributed by atoms with Gasteiger partial charge in [0.15, 0.2) is 0 Å². The fourth-order valence-electron chi connectivity index (χ4n) is 2.21. The van der Waals surface area contributed by atoms with Crippen molar-refractivity contribution in [3.8, 4) is 0 Å². The third-order valence-corrected chi connectivity index (χ3v) is 3.97. The van der Waals surface area contributed by atoms with E-state index in [1.54, 1.807) is 6.20 Å². The maximum absolute atomic E-state index is 6.06. The van der Waals surface area contributed by atoms with Crippen LogP contribution in [0.4, 0.5) is 0 Å². The van der Waals surface area contributed by atoms with Crippen molar-refractivity contribution < 1.29 is 0 Å². The SMILES string of the molecule is CC(c1cccc(Cl)c1)N(C)Cc1cccnc1C(N)=S. The Bertz CT molecular complexity index is 645. The minimum absolute atomic E-state index is 0.225. The van der Waals surface area contributed by atoms with Crippen molar-refractivity contribution in [3.05, 3.63) is 64.4 Å². The van der Waals surface area contributed by atoms with Crippen molar-refractivity contribution in [1.29, 1.82) is 0 Å². The molecule has 1 unspecified atom stereocenters. The van der Waals surface area contributed by atoms with Crippen LogP contribution in [0.15, 0.2) is 42.6 Å². The summed E-state index contributed by atoms with van der Waals surface area (Å²) in [6.07, 6.45) is 1.71. The van der Waals surface area contributed by atoms with Crippen molar-refractivity contribution in [2.45, 2.75) is 19.5 Å². The van der Waals surface area contributed by atoms with Crippen LogP contribution in [0.2, 0.25) is 5.02 Å². The van der Waals surface area contributed by atoms with Crippen molar-refractivity contribution in [2.24, 2.45) is 5.73 Å². The van der Waals surface area contributed by atoms with Crippen LogP contribution in [0.1, 0.15) is 29.8 Å². The molecule has 5 heteroatoms. The Balaban J connectivity index is 2.18. The number of halogens is 1. The third kappa shape index (κ3) is 4.00. The van der Waals surface area contributed by atoms with E-state index in [1.165, 1.54) is 5.56 Å². The number of thiocarbonyl (C=S) groups is 1. The average molecular weight is 320 g/mol. The molecule has 2 N–H and O–H groups in total. The van der Waals surface area contributed by atoms with Gasteiger partial charge in [-0.15, -0.1) is 0 Å². The Morgan fingerprint density at radius 1 is 1.38 bits per heavy atom. The lowest BCUT2D eigenvalue weighted by molar-refractivity contribution is 0.252. The second-order valence-electron chi connectivity index (χ2n) is 5.02. The molecule has 0 saturated heterocycles. The quantitative estimate of drug-likeness (QED) is 0.856. The fourth-order valence-corrected chi connectivity index (χ4v) is 2.60. The zero-order chi connectivity index (χ0) is 15.4. The van der Waals surface area contributed by atoms with Crippen LogP contribution < -0.4 is 5.73 Å². The van der Waals surface area contributed by atoms with E-state index in [0.717, 1.165) is 10.6 Å². The second-order valence-corrected chi connectivity index (χ2v) is 5.90. The molecule has 0 radical (unpaired) electrons. The number of nitrogens with zero attached hydrogens (tertiary/aromatic N) is 2. The first-order valence-electron chi connectivity index (χ1n) is 6.68. The van der Waals surface area contributed by atoms with E-state index in [4.69, 9.17) is 29.6 Å². The van der Waals surface area contributed by atoms with Crippen LogP contribution in [0.5, 0.6) is 0 Å². The highest BCUT2D eigenvalue weighted by Gasteiger charge is 2.15. The molecule has 2 rings (SSSR count). The van der Waals surface area contributed by atoms with Gasteiger partial charge in [-0.1, -0.05) is 42.0 Å². The molecule has 21 heavy (non-hydrogen) atoms. The van der Waals surface area contributed by atoms with E-state index in [1.807, 2.05) is 30.3 Å². The normalized spacial score (nSPS) is 12.4. The Morgan fingerprint density at radius 3 is 2.81 bits per heavy atom. The molecule has 1 aromatic heterocycles. The summed E-state index contributed by atoms with van der Waals surface area (Å²) < 4.78 is 0. The molecular formula is C16H18ClN3S. The van der Waals surface area contributed by atoms with Gasteiger partial charge in [-0.2, -0.15) is 0 Å². The van der Waals surface area contributed by atoms with Gasteiger partial charge < -0.3 is 5.73 Å². The van der Waals surface area contributed by atoms with Gasteiger partial charge in [-0.3, -0.25) is 9.88 Å². The number of hydrogen-bond donors (Lipinski definition) is 1. The van der Waals surface area contributed by atoms with Crippen molar-refractivity contribution in [3.63, 3.8) is 0 Å². The molecule has 0 spiro atoms. The van der Waals surface area contributed by atoms with Gasteiger partial charge in [0, 0.05) is 23.8 Å². The first kappa shape index (κ1) is 15.9. The minimum Gasteiger partial charge on any atom is -0.388 e. The van der Waals surface area contributed by atoms with E-state index in [9.17, 15) is 0 Å². The largest absolute Gasteiger partial charge is 0.388 e. The van der Waals surface area contributed by atoms with Crippen LogP contribution in [0, 0.1) is 0 Å². The molecule has 0 amide bonds. The van der Waals surface area contributed by atoms with Gasteiger partial charge in [0.05, 0.1) is 0 Å². The Morgan fingerprint density at radius 2 is 2.14 bits per heavy atom. The predicted octanol–water partition coefficient (Wildman–Crippen LogP) is 3.56. The summed E-state index contributed by atoms with van der Waals surface area (Å²) in [5, 5.41) is 0.748. The van der Waals surface area contributed by atoms with Crippen molar-refractivity contribution in [1.82, 2.24) is 9.88 Å². The molecule has 0 aliphatic heterocycles. The summed E-state index contributed by atoms with van der Waals surface area (Å²) in [5.74, 6) is 0. The van der Waals surface area contributed by atoms with Crippen LogP contribution >= 0.6 is 23.8 Å². The molecule has 0 bridgehead atoms. The van der Waals surface area contributed by atoms with Gasteiger partial charge in [-0.05, 0) is 43.3 Å². The van der Waals surface area contributed by atoms with E-state index < -0.39 is 0 Å².